The van der Waals surface area contributed by atoms with Crippen LogP contribution < -0.4 is 15.0 Å². The summed E-state index contributed by atoms with van der Waals surface area (Å²) in [5, 5.41) is 2.20. The van der Waals surface area contributed by atoms with Crippen molar-refractivity contribution < 1.29 is 19.1 Å². The Hall–Kier alpha value is -2.93. The average molecular weight is 415 g/mol. The van der Waals surface area contributed by atoms with Crippen LogP contribution in [0.15, 0.2) is 58.6 Å². The van der Waals surface area contributed by atoms with Crippen molar-refractivity contribution in [3.8, 4) is 5.75 Å². The van der Waals surface area contributed by atoms with Gasteiger partial charge in [-0.05, 0) is 48.9 Å². The Morgan fingerprint density at radius 1 is 1.12 bits per heavy atom. The van der Waals surface area contributed by atoms with Gasteiger partial charge in [-0.3, -0.25) is 14.9 Å². The molecular formula is C19H15BrN2O4. The first-order valence-electron chi connectivity index (χ1n) is 7.89. The fourth-order valence-electron chi connectivity index (χ4n) is 2.50. The smallest absolute Gasteiger partial charge is 0.335 e. The number of urea groups is 1. The lowest BCUT2D eigenvalue weighted by Crippen LogP contribution is -2.54. The summed E-state index contributed by atoms with van der Waals surface area (Å²) >= 11 is 3.31. The van der Waals surface area contributed by atoms with Crippen LogP contribution in [0.5, 0.6) is 5.75 Å². The number of halogens is 1. The summed E-state index contributed by atoms with van der Waals surface area (Å²) in [5.74, 6) is -0.703. The molecule has 132 valence electrons. The minimum Gasteiger partial charge on any atom is -0.494 e. The monoisotopic (exact) mass is 414 g/mol. The van der Waals surface area contributed by atoms with Gasteiger partial charge in [0.1, 0.15) is 11.3 Å². The van der Waals surface area contributed by atoms with Gasteiger partial charge < -0.3 is 4.74 Å². The van der Waals surface area contributed by atoms with Crippen LogP contribution in [-0.2, 0) is 9.59 Å². The first kappa shape index (κ1) is 17.9. The Morgan fingerprint density at radius 3 is 2.50 bits per heavy atom. The molecule has 3 rings (SSSR count). The van der Waals surface area contributed by atoms with E-state index in [1.165, 1.54) is 6.08 Å². The summed E-state index contributed by atoms with van der Waals surface area (Å²) in [4.78, 5) is 38.0. The molecule has 26 heavy (non-hydrogen) atoms. The molecule has 0 unspecified atom stereocenters. The summed E-state index contributed by atoms with van der Waals surface area (Å²) in [5.41, 5.74) is 0.899. The number of hydrogen-bond acceptors (Lipinski definition) is 4. The van der Waals surface area contributed by atoms with Crippen molar-refractivity contribution in [1.82, 2.24) is 5.32 Å². The molecule has 1 heterocycles. The number of imide groups is 2. The van der Waals surface area contributed by atoms with Crippen LogP contribution in [0, 0.1) is 0 Å². The van der Waals surface area contributed by atoms with Gasteiger partial charge in [0.25, 0.3) is 11.8 Å². The molecule has 0 atom stereocenters. The van der Waals surface area contributed by atoms with Crippen LogP contribution in [-0.4, -0.2) is 24.5 Å². The number of carbonyl (C=O) groups is 3. The lowest BCUT2D eigenvalue weighted by Gasteiger charge is -2.26. The number of nitrogens with zero attached hydrogens (tertiary/aromatic N) is 1. The van der Waals surface area contributed by atoms with E-state index in [-0.39, 0.29) is 5.57 Å². The van der Waals surface area contributed by atoms with Gasteiger partial charge in [-0.15, -0.1) is 0 Å². The Bertz CT molecular complexity index is 906. The van der Waals surface area contributed by atoms with Crippen molar-refractivity contribution in [2.75, 3.05) is 11.5 Å². The average Bonchev–Trinajstić information content (AvgIpc) is 2.60. The van der Waals surface area contributed by atoms with E-state index in [4.69, 9.17) is 4.74 Å². The summed E-state index contributed by atoms with van der Waals surface area (Å²) < 4.78 is 6.08. The number of hydrogen-bond donors (Lipinski definition) is 1. The van der Waals surface area contributed by atoms with Crippen LogP contribution in [0.4, 0.5) is 10.5 Å². The number of anilines is 1. The van der Waals surface area contributed by atoms with Gasteiger partial charge in [-0.25, -0.2) is 9.69 Å². The second-order valence-corrected chi connectivity index (χ2v) is 6.36. The van der Waals surface area contributed by atoms with E-state index in [1.807, 2.05) is 6.92 Å². The Labute approximate surface area is 158 Å². The molecule has 1 aliphatic heterocycles. The van der Waals surface area contributed by atoms with E-state index < -0.39 is 17.8 Å². The number of benzene rings is 2. The van der Waals surface area contributed by atoms with Crippen molar-refractivity contribution in [3.63, 3.8) is 0 Å². The standard InChI is InChI=1S/C19H15BrN2O4/c1-2-26-15-8-6-12(7-9-15)10-16-17(23)21-19(25)22(18(16)24)14-5-3-4-13(20)11-14/h3-11H,2H2,1H3,(H,21,23,25)/b16-10-. The molecule has 6 nitrogen and oxygen atoms in total. The number of nitrogens with one attached hydrogen (secondary N) is 1. The van der Waals surface area contributed by atoms with E-state index in [1.54, 1.807) is 48.5 Å². The summed E-state index contributed by atoms with van der Waals surface area (Å²) in [6.07, 6.45) is 1.45. The Morgan fingerprint density at radius 2 is 1.85 bits per heavy atom. The maximum absolute atomic E-state index is 12.8. The van der Waals surface area contributed by atoms with Gasteiger partial charge in [0, 0.05) is 4.47 Å². The molecule has 0 aliphatic carbocycles. The Kier molecular flexibility index (Phi) is 5.18. The zero-order valence-electron chi connectivity index (χ0n) is 13.9. The molecule has 0 aromatic heterocycles. The number of barbiturate groups is 1. The van der Waals surface area contributed by atoms with E-state index in [0.29, 0.717) is 28.1 Å². The van der Waals surface area contributed by atoms with Gasteiger partial charge in [-0.1, -0.05) is 34.1 Å². The molecule has 1 N–H and O–H groups in total. The fraction of sp³-hybridized carbons (Fsp3) is 0.105. The summed E-state index contributed by atoms with van der Waals surface area (Å²) in [6.45, 7) is 2.43. The van der Waals surface area contributed by atoms with E-state index in [2.05, 4.69) is 21.2 Å². The minimum absolute atomic E-state index is 0.117. The predicted molar refractivity (Wildman–Crippen MR) is 101 cm³/mol. The maximum Gasteiger partial charge on any atom is 0.335 e. The fourth-order valence-corrected chi connectivity index (χ4v) is 2.89. The largest absolute Gasteiger partial charge is 0.494 e. The molecule has 7 heteroatoms. The summed E-state index contributed by atoms with van der Waals surface area (Å²) in [7, 11) is 0. The highest BCUT2D eigenvalue weighted by Crippen LogP contribution is 2.25. The molecule has 0 bridgehead atoms. The first-order valence-corrected chi connectivity index (χ1v) is 8.69. The van der Waals surface area contributed by atoms with Crippen LogP contribution in [0.25, 0.3) is 6.08 Å². The third kappa shape index (κ3) is 3.67. The molecular weight excluding hydrogens is 400 g/mol. The summed E-state index contributed by atoms with van der Waals surface area (Å²) in [6, 6.07) is 12.9. The molecule has 1 saturated heterocycles. The van der Waals surface area contributed by atoms with Crippen molar-refractivity contribution in [2.45, 2.75) is 6.92 Å². The Balaban J connectivity index is 1.94. The van der Waals surface area contributed by atoms with Crippen LogP contribution in [0.1, 0.15) is 12.5 Å². The molecule has 1 fully saturated rings. The predicted octanol–water partition coefficient (Wildman–Crippen LogP) is 3.51. The van der Waals surface area contributed by atoms with Crippen molar-refractivity contribution >= 4 is 45.5 Å². The molecule has 0 saturated carbocycles. The van der Waals surface area contributed by atoms with Crippen LogP contribution in [0.2, 0.25) is 0 Å². The normalized spacial score (nSPS) is 16.0. The third-order valence-corrected chi connectivity index (χ3v) is 4.16. The maximum atomic E-state index is 12.8. The highest BCUT2D eigenvalue weighted by atomic mass is 79.9. The number of carbonyl (C=O) groups excluding carboxylic acids is 3. The van der Waals surface area contributed by atoms with Gasteiger partial charge in [0.2, 0.25) is 0 Å². The quantitative estimate of drug-likeness (QED) is 0.613. The molecule has 4 amide bonds. The first-order chi connectivity index (χ1) is 12.5. The lowest BCUT2D eigenvalue weighted by molar-refractivity contribution is -0.122. The minimum atomic E-state index is -0.776. The number of amides is 4. The van der Waals surface area contributed by atoms with Gasteiger partial charge in [-0.2, -0.15) is 0 Å². The van der Waals surface area contributed by atoms with Gasteiger partial charge in [0.15, 0.2) is 0 Å². The van der Waals surface area contributed by atoms with Crippen LogP contribution in [0.3, 0.4) is 0 Å². The van der Waals surface area contributed by atoms with E-state index in [0.717, 1.165) is 4.90 Å². The lowest BCUT2D eigenvalue weighted by atomic mass is 10.1. The third-order valence-electron chi connectivity index (χ3n) is 3.67. The van der Waals surface area contributed by atoms with Crippen molar-refractivity contribution in [1.29, 1.82) is 0 Å². The van der Waals surface area contributed by atoms with E-state index in [9.17, 15) is 14.4 Å². The second-order valence-electron chi connectivity index (χ2n) is 5.44. The van der Waals surface area contributed by atoms with Crippen molar-refractivity contribution in [3.05, 3.63) is 64.1 Å². The topological polar surface area (TPSA) is 75.7 Å². The van der Waals surface area contributed by atoms with E-state index >= 15 is 0 Å². The molecule has 0 radical (unpaired) electrons. The SMILES string of the molecule is CCOc1ccc(/C=C2/C(=O)NC(=O)N(c3cccc(Br)c3)C2=O)cc1. The molecule has 0 spiro atoms. The van der Waals surface area contributed by atoms with Crippen LogP contribution >= 0.6 is 15.9 Å². The molecule has 2 aromatic carbocycles. The van der Waals surface area contributed by atoms with Gasteiger partial charge in [0.05, 0.1) is 12.3 Å². The zero-order valence-corrected chi connectivity index (χ0v) is 15.4. The highest BCUT2D eigenvalue weighted by Gasteiger charge is 2.36. The second kappa shape index (κ2) is 7.53. The van der Waals surface area contributed by atoms with Gasteiger partial charge >= 0.3 is 6.03 Å². The molecule has 2 aromatic rings. The van der Waals surface area contributed by atoms with Crippen molar-refractivity contribution in [2.24, 2.45) is 0 Å². The molecule has 1 aliphatic rings. The zero-order chi connectivity index (χ0) is 18.7. The number of rotatable bonds is 4. The number of ether oxygens (including phenoxy) is 1. The highest BCUT2D eigenvalue weighted by molar-refractivity contribution is 9.10.